The van der Waals surface area contributed by atoms with Gasteiger partial charge >= 0.3 is 25.7 Å². The molecule has 0 unspecified atom stereocenters. The number of phosphoric ester groups is 1. The molecule has 11 nitrogen and oxygen atoms in total. The topological polar surface area (TPSA) is 172 Å². The van der Waals surface area contributed by atoms with E-state index in [2.05, 4.69) is 42.7 Å². The van der Waals surface area contributed by atoms with Crippen molar-refractivity contribution in [3.8, 4) is 0 Å². The molecule has 0 saturated heterocycles. The molecule has 0 amide bonds. The first kappa shape index (κ1) is 52.0. The first-order valence-electron chi connectivity index (χ1n) is 21.4. The Morgan fingerprint density at radius 2 is 0.907 bits per heavy atom. The molecule has 0 aromatic rings. The molecule has 0 heterocycles. The fourth-order valence-electron chi connectivity index (χ4n) is 5.83. The summed E-state index contributed by atoms with van der Waals surface area (Å²) >= 11 is 0. The lowest BCUT2D eigenvalue weighted by Crippen LogP contribution is -2.39. The average molecular weight is 788 g/mol. The molecule has 0 aromatic carbocycles. The predicted octanol–water partition coefficient (Wildman–Crippen LogP) is 10.5. The van der Waals surface area contributed by atoms with Gasteiger partial charge in [0, 0.05) is 12.8 Å². The standard InChI is InChI=1S/C42H78NO10P/c1-3-5-7-9-11-13-15-17-19-21-23-25-27-29-31-33-40(44)50-35-38(36-51-42(46)39(43)37-52-54(47,48)49)53-41(45)34-32-30-28-26-24-22-20-18-16-14-12-10-8-6-4-2/h17-20,38-39H,3-16,21-37,43H2,1-2H3,(H2,47,48,49)/b19-17-,20-18-/t38-,39+/m1/s1. The van der Waals surface area contributed by atoms with Crippen LogP contribution in [0.3, 0.4) is 0 Å². The van der Waals surface area contributed by atoms with Gasteiger partial charge in [-0.3, -0.25) is 18.9 Å². The van der Waals surface area contributed by atoms with Gasteiger partial charge in [-0.1, -0.05) is 141 Å². The van der Waals surface area contributed by atoms with E-state index in [0.29, 0.717) is 12.8 Å². The second-order valence-corrected chi connectivity index (χ2v) is 15.7. The molecule has 12 heteroatoms. The van der Waals surface area contributed by atoms with Crippen molar-refractivity contribution in [2.75, 3.05) is 19.8 Å². The number of unbranched alkanes of at least 4 members (excludes halogenated alkanes) is 22. The van der Waals surface area contributed by atoms with E-state index >= 15 is 0 Å². The summed E-state index contributed by atoms with van der Waals surface area (Å²) in [6, 6.07) is -1.46. The van der Waals surface area contributed by atoms with Gasteiger partial charge in [0.1, 0.15) is 19.3 Å². The minimum atomic E-state index is -4.82. The Morgan fingerprint density at radius 3 is 1.33 bits per heavy atom. The van der Waals surface area contributed by atoms with Gasteiger partial charge in [0.15, 0.2) is 6.10 Å². The normalized spacial score (nSPS) is 13.1. The highest BCUT2D eigenvalue weighted by molar-refractivity contribution is 7.46. The number of carbonyl (C=O) groups is 3. The highest BCUT2D eigenvalue weighted by atomic mass is 31.2. The Hall–Kier alpha value is -2.04. The van der Waals surface area contributed by atoms with Crippen LogP contribution in [-0.4, -0.2) is 59.7 Å². The molecule has 0 aromatic heterocycles. The van der Waals surface area contributed by atoms with Gasteiger partial charge in [0.2, 0.25) is 0 Å². The molecule has 4 N–H and O–H groups in total. The highest BCUT2D eigenvalue weighted by Gasteiger charge is 2.24. The lowest BCUT2D eigenvalue weighted by Gasteiger charge is -2.19. The van der Waals surface area contributed by atoms with E-state index in [4.69, 9.17) is 29.7 Å². The number of nitrogens with two attached hydrogens (primary N) is 1. The van der Waals surface area contributed by atoms with Crippen molar-refractivity contribution in [1.29, 1.82) is 0 Å². The summed E-state index contributed by atoms with van der Waals surface area (Å²) in [7, 11) is -4.82. The van der Waals surface area contributed by atoms with Crippen LogP contribution in [-0.2, 0) is 37.7 Å². The third kappa shape index (κ3) is 38.2. The molecule has 0 rings (SSSR count). The summed E-state index contributed by atoms with van der Waals surface area (Å²) in [6.07, 6.45) is 38.4. The first-order chi connectivity index (χ1) is 26.1. The second-order valence-electron chi connectivity index (χ2n) is 14.5. The average Bonchev–Trinajstić information content (AvgIpc) is 3.14. The Labute approximate surface area is 328 Å². The number of esters is 3. The Morgan fingerprint density at radius 1 is 0.537 bits per heavy atom. The molecule has 2 atom stereocenters. The van der Waals surface area contributed by atoms with E-state index in [1.807, 2.05) is 0 Å². The van der Waals surface area contributed by atoms with Crippen LogP contribution in [0.2, 0.25) is 0 Å². The van der Waals surface area contributed by atoms with Crippen LogP contribution in [0.1, 0.15) is 194 Å². The van der Waals surface area contributed by atoms with Gasteiger partial charge in [-0.05, 0) is 64.2 Å². The highest BCUT2D eigenvalue weighted by Crippen LogP contribution is 2.35. The van der Waals surface area contributed by atoms with Crippen LogP contribution in [0, 0.1) is 0 Å². The summed E-state index contributed by atoms with van der Waals surface area (Å²) in [6.45, 7) is 3.00. The van der Waals surface area contributed by atoms with Gasteiger partial charge in [-0.25, -0.2) is 4.57 Å². The van der Waals surface area contributed by atoms with E-state index < -0.39 is 51.1 Å². The number of ether oxygens (including phenoxy) is 3. The summed E-state index contributed by atoms with van der Waals surface area (Å²) < 4.78 is 31.1. The molecule has 0 spiro atoms. The molecule has 0 radical (unpaired) electrons. The van der Waals surface area contributed by atoms with Crippen molar-refractivity contribution in [3.05, 3.63) is 24.3 Å². The zero-order valence-electron chi connectivity index (χ0n) is 34.1. The van der Waals surface area contributed by atoms with Crippen molar-refractivity contribution in [2.45, 2.75) is 206 Å². The maximum atomic E-state index is 12.6. The molecule has 0 aliphatic heterocycles. The van der Waals surface area contributed by atoms with Gasteiger partial charge < -0.3 is 29.7 Å². The van der Waals surface area contributed by atoms with Crippen LogP contribution in [0.15, 0.2) is 24.3 Å². The van der Waals surface area contributed by atoms with E-state index in [1.165, 1.54) is 77.0 Å². The number of phosphoric acid groups is 1. The summed E-state index contributed by atoms with van der Waals surface area (Å²) in [5.74, 6) is -1.92. The molecule has 0 saturated carbocycles. The summed E-state index contributed by atoms with van der Waals surface area (Å²) in [5, 5.41) is 0. The van der Waals surface area contributed by atoms with Crippen LogP contribution in [0.25, 0.3) is 0 Å². The largest absolute Gasteiger partial charge is 0.469 e. The van der Waals surface area contributed by atoms with Crippen molar-refractivity contribution in [1.82, 2.24) is 0 Å². The molecule has 0 aliphatic rings. The van der Waals surface area contributed by atoms with Crippen LogP contribution in [0.4, 0.5) is 0 Å². The monoisotopic (exact) mass is 788 g/mol. The number of hydrogen-bond acceptors (Lipinski definition) is 9. The molecule has 0 aliphatic carbocycles. The van der Waals surface area contributed by atoms with Gasteiger partial charge in [0.25, 0.3) is 0 Å². The van der Waals surface area contributed by atoms with Gasteiger partial charge in [0.05, 0.1) is 6.61 Å². The molecule has 0 bridgehead atoms. The van der Waals surface area contributed by atoms with E-state index in [1.54, 1.807) is 0 Å². The zero-order valence-corrected chi connectivity index (χ0v) is 35.0. The van der Waals surface area contributed by atoms with Crippen molar-refractivity contribution in [3.63, 3.8) is 0 Å². The van der Waals surface area contributed by atoms with E-state index in [9.17, 15) is 18.9 Å². The Balaban J connectivity index is 4.37. The maximum Gasteiger partial charge on any atom is 0.469 e. The molecule has 0 fully saturated rings. The van der Waals surface area contributed by atoms with Crippen molar-refractivity contribution >= 4 is 25.7 Å². The number of hydrogen-bond donors (Lipinski definition) is 3. The fraction of sp³-hybridized carbons (Fsp3) is 0.833. The first-order valence-corrected chi connectivity index (χ1v) is 22.9. The Kier molecular flexibility index (Phi) is 36.4. The fourth-order valence-corrected chi connectivity index (χ4v) is 6.18. The molecular weight excluding hydrogens is 709 g/mol. The lowest BCUT2D eigenvalue weighted by atomic mass is 10.1. The summed E-state index contributed by atoms with van der Waals surface area (Å²) in [4.78, 5) is 55.0. The quantitative estimate of drug-likeness (QED) is 0.0178. The third-order valence-electron chi connectivity index (χ3n) is 9.15. The van der Waals surface area contributed by atoms with Crippen LogP contribution in [0.5, 0.6) is 0 Å². The molecule has 54 heavy (non-hydrogen) atoms. The maximum absolute atomic E-state index is 12.6. The van der Waals surface area contributed by atoms with E-state index in [-0.39, 0.29) is 19.4 Å². The SMILES string of the molecule is CCCCCCCC/C=C\CCCCCCCC(=O)OC[C@H](COC(=O)[C@@H](N)COP(=O)(O)O)OC(=O)CCCCCCC/C=C\CCCCCCCC. The van der Waals surface area contributed by atoms with Gasteiger partial charge in [-0.15, -0.1) is 0 Å². The zero-order chi connectivity index (χ0) is 40.0. The number of carbonyl (C=O) groups excluding carboxylic acids is 3. The second kappa shape index (κ2) is 37.9. The third-order valence-corrected chi connectivity index (χ3v) is 9.64. The lowest BCUT2D eigenvalue weighted by molar-refractivity contribution is -0.167. The molecular formula is C42H78NO10P. The van der Waals surface area contributed by atoms with Crippen molar-refractivity contribution < 1.29 is 47.5 Å². The number of rotatable bonds is 39. The number of allylic oxidation sites excluding steroid dienone is 4. The van der Waals surface area contributed by atoms with Crippen LogP contribution >= 0.6 is 7.82 Å². The van der Waals surface area contributed by atoms with Crippen molar-refractivity contribution in [2.24, 2.45) is 5.73 Å². The summed E-state index contributed by atoms with van der Waals surface area (Å²) in [5.41, 5.74) is 5.61. The minimum Gasteiger partial charge on any atom is -0.462 e. The van der Waals surface area contributed by atoms with Gasteiger partial charge in [-0.2, -0.15) is 0 Å². The van der Waals surface area contributed by atoms with E-state index in [0.717, 1.165) is 77.0 Å². The molecule has 316 valence electrons. The Bertz CT molecular complexity index is 1020. The smallest absolute Gasteiger partial charge is 0.462 e. The minimum absolute atomic E-state index is 0.182. The predicted molar refractivity (Wildman–Crippen MR) is 217 cm³/mol. The van der Waals surface area contributed by atoms with Crippen LogP contribution < -0.4 is 5.73 Å².